The van der Waals surface area contributed by atoms with Crippen molar-refractivity contribution in [2.24, 2.45) is 0 Å². The minimum absolute atomic E-state index is 0.0295. The lowest BCUT2D eigenvalue weighted by atomic mass is 9.72. The molecule has 0 N–H and O–H groups in total. The van der Waals surface area contributed by atoms with E-state index in [-0.39, 0.29) is 25.5 Å². The summed E-state index contributed by atoms with van der Waals surface area (Å²) in [5.74, 6) is -0.263. The summed E-state index contributed by atoms with van der Waals surface area (Å²) in [6.45, 7) is 0.308. The Bertz CT molecular complexity index is 1370. The Labute approximate surface area is 216 Å². The lowest BCUT2D eigenvalue weighted by molar-refractivity contribution is -0.174. The number of β-lactam (4-membered cyclic amide) rings is 1. The highest BCUT2D eigenvalue weighted by Gasteiger charge is 2.69. The van der Waals surface area contributed by atoms with E-state index in [1.54, 1.807) is 4.90 Å². The Hall–Kier alpha value is -3.69. The van der Waals surface area contributed by atoms with Crippen LogP contribution in [-0.2, 0) is 37.0 Å². The van der Waals surface area contributed by atoms with Gasteiger partial charge in [-0.1, -0.05) is 91.0 Å². The lowest BCUT2D eigenvalue weighted by Crippen LogP contribution is -2.73. The predicted octanol–water partition coefficient (Wildman–Crippen LogP) is 3.90. The van der Waals surface area contributed by atoms with Crippen LogP contribution in [0.25, 0.3) is 0 Å². The molecule has 8 nitrogen and oxygen atoms in total. The number of carbonyl (C=O) groups is 2. The molecular weight excluding hydrogens is 492 g/mol. The Kier molecular flexibility index (Phi) is 6.74. The molecule has 0 saturated carbocycles. The maximum Gasteiger partial charge on any atom is 0.411 e. The van der Waals surface area contributed by atoms with Gasteiger partial charge in [0.05, 0.1) is 24.9 Å². The van der Waals surface area contributed by atoms with Gasteiger partial charge >= 0.3 is 6.09 Å². The number of benzene rings is 3. The number of nitrogens with zero attached hydrogens (tertiary/aromatic N) is 2. The molecule has 5 rings (SSSR count). The fourth-order valence-corrected chi connectivity index (χ4v) is 6.03. The van der Waals surface area contributed by atoms with Crippen molar-refractivity contribution in [3.8, 4) is 0 Å². The molecule has 37 heavy (non-hydrogen) atoms. The number of ether oxygens (including phenoxy) is 1. The Morgan fingerprint density at radius 3 is 2.08 bits per heavy atom. The van der Waals surface area contributed by atoms with E-state index in [2.05, 4.69) is 0 Å². The number of amides is 2. The first-order chi connectivity index (χ1) is 17.8. The molecule has 1 spiro atoms. The van der Waals surface area contributed by atoms with E-state index in [4.69, 9.17) is 8.92 Å². The molecule has 192 valence electrons. The topological polar surface area (TPSA) is 93.2 Å². The second-order valence-corrected chi connectivity index (χ2v) is 11.0. The molecule has 0 unspecified atom stereocenters. The maximum absolute atomic E-state index is 13.9. The van der Waals surface area contributed by atoms with Crippen LogP contribution in [0.15, 0.2) is 91.0 Å². The minimum atomic E-state index is -3.81. The van der Waals surface area contributed by atoms with Crippen LogP contribution in [0, 0.1) is 0 Å². The predicted molar refractivity (Wildman–Crippen MR) is 137 cm³/mol. The Balaban J connectivity index is 1.50. The average molecular weight is 521 g/mol. The minimum Gasteiger partial charge on any atom is -0.445 e. The molecule has 2 fully saturated rings. The smallest absolute Gasteiger partial charge is 0.411 e. The molecule has 2 amide bonds. The highest BCUT2D eigenvalue weighted by Crippen LogP contribution is 2.54. The van der Waals surface area contributed by atoms with Crippen LogP contribution in [0.2, 0.25) is 0 Å². The number of hydrogen-bond acceptors (Lipinski definition) is 6. The molecule has 3 aromatic carbocycles. The number of rotatable bonds is 7. The highest BCUT2D eigenvalue weighted by atomic mass is 32.2. The Morgan fingerprint density at radius 1 is 0.919 bits per heavy atom. The van der Waals surface area contributed by atoms with Crippen LogP contribution >= 0.6 is 0 Å². The average Bonchev–Trinajstić information content (AvgIpc) is 3.28. The highest BCUT2D eigenvalue weighted by molar-refractivity contribution is 7.86. The molecule has 2 aliphatic heterocycles. The van der Waals surface area contributed by atoms with Gasteiger partial charge in [0.15, 0.2) is 5.54 Å². The Morgan fingerprint density at radius 2 is 1.49 bits per heavy atom. The van der Waals surface area contributed by atoms with Gasteiger partial charge in [0.2, 0.25) is 0 Å². The first kappa shape index (κ1) is 25.0. The summed E-state index contributed by atoms with van der Waals surface area (Å²) in [5, 5.41) is 0. The first-order valence-electron chi connectivity index (χ1n) is 12.0. The third-order valence-electron chi connectivity index (χ3n) is 6.85. The normalized spacial score (nSPS) is 23.2. The van der Waals surface area contributed by atoms with E-state index in [9.17, 15) is 18.0 Å². The van der Waals surface area contributed by atoms with Gasteiger partial charge in [-0.25, -0.2) is 4.79 Å². The molecule has 2 heterocycles. The summed E-state index contributed by atoms with van der Waals surface area (Å²) in [6, 6.07) is 27.8. The summed E-state index contributed by atoms with van der Waals surface area (Å²) in [7, 11) is -3.81. The van der Waals surface area contributed by atoms with Crippen molar-refractivity contribution in [2.45, 2.75) is 37.3 Å². The lowest BCUT2D eigenvalue weighted by Gasteiger charge is -2.57. The number of hydrogen-bond donors (Lipinski definition) is 0. The number of carbonyl (C=O) groups excluding carboxylic acids is 2. The summed E-state index contributed by atoms with van der Waals surface area (Å²) >= 11 is 0. The zero-order valence-electron chi connectivity index (χ0n) is 20.4. The third kappa shape index (κ3) is 4.97. The van der Waals surface area contributed by atoms with Crippen molar-refractivity contribution in [2.75, 3.05) is 12.8 Å². The first-order valence-corrected chi connectivity index (χ1v) is 13.9. The van der Waals surface area contributed by atoms with E-state index < -0.39 is 33.9 Å². The van der Waals surface area contributed by atoms with E-state index in [0.717, 1.165) is 22.9 Å². The zero-order valence-corrected chi connectivity index (χ0v) is 21.2. The third-order valence-corrected chi connectivity index (χ3v) is 7.47. The van der Waals surface area contributed by atoms with E-state index >= 15 is 0 Å². The molecular formula is C28H28N2O6S. The van der Waals surface area contributed by atoms with Gasteiger partial charge < -0.3 is 9.64 Å². The van der Waals surface area contributed by atoms with Crippen molar-refractivity contribution in [3.63, 3.8) is 0 Å². The van der Waals surface area contributed by atoms with Crippen LogP contribution in [0.5, 0.6) is 0 Å². The summed E-state index contributed by atoms with van der Waals surface area (Å²) in [5.41, 5.74) is 1.28. The number of likely N-dealkylation sites (tertiary alicyclic amines) is 2. The largest absolute Gasteiger partial charge is 0.445 e. The SMILES string of the molecule is CS(=O)(=O)O[C@H]1CN(C(=O)OCc2ccccc2)[C@@]2(C1)C(=O)N(Cc1ccccc1)[C@H]2c1ccccc1. The van der Waals surface area contributed by atoms with Gasteiger partial charge in [-0.2, -0.15) is 8.42 Å². The van der Waals surface area contributed by atoms with Gasteiger partial charge in [0.1, 0.15) is 6.61 Å². The van der Waals surface area contributed by atoms with E-state index in [0.29, 0.717) is 6.54 Å². The van der Waals surface area contributed by atoms with Crippen LogP contribution in [-0.4, -0.2) is 54.7 Å². The molecule has 9 heteroatoms. The molecule has 0 radical (unpaired) electrons. The summed E-state index contributed by atoms with van der Waals surface area (Å²) in [6.07, 6.45) is -0.537. The maximum atomic E-state index is 13.9. The molecule has 3 atom stereocenters. The fraction of sp³-hybridized carbons (Fsp3) is 0.286. The van der Waals surface area contributed by atoms with E-state index in [1.807, 2.05) is 91.0 Å². The van der Waals surface area contributed by atoms with Gasteiger partial charge in [-0.15, -0.1) is 0 Å². The van der Waals surface area contributed by atoms with Gasteiger partial charge in [0.25, 0.3) is 16.0 Å². The van der Waals surface area contributed by atoms with Crippen molar-refractivity contribution in [1.82, 2.24) is 9.80 Å². The van der Waals surface area contributed by atoms with Crippen molar-refractivity contribution in [1.29, 1.82) is 0 Å². The second kappa shape index (κ2) is 9.99. The standard InChI is InChI=1S/C28H28N2O6S/c1-37(33,34)36-24-17-28(30(19-24)27(32)35-20-22-13-7-3-8-14-22)25(23-15-9-4-10-16-23)29(26(28)31)18-21-11-5-2-6-12-21/h2-16,24-25H,17-20H2,1H3/t24-,25+,28-/m1/s1. The van der Waals surface area contributed by atoms with Gasteiger partial charge in [-0.05, 0) is 16.7 Å². The molecule has 2 saturated heterocycles. The second-order valence-electron chi connectivity index (χ2n) is 9.43. The summed E-state index contributed by atoms with van der Waals surface area (Å²) in [4.78, 5) is 30.5. The molecule has 0 bridgehead atoms. The molecule has 0 aliphatic carbocycles. The van der Waals surface area contributed by atoms with Crippen LogP contribution in [0.4, 0.5) is 4.79 Å². The van der Waals surface area contributed by atoms with Gasteiger partial charge in [-0.3, -0.25) is 13.9 Å². The molecule has 2 aliphatic rings. The summed E-state index contributed by atoms with van der Waals surface area (Å²) < 4.78 is 34.9. The monoisotopic (exact) mass is 520 g/mol. The van der Waals surface area contributed by atoms with Crippen molar-refractivity contribution in [3.05, 3.63) is 108 Å². The molecule has 3 aromatic rings. The van der Waals surface area contributed by atoms with Crippen molar-refractivity contribution < 1.29 is 26.9 Å². The van der Waals surface area contributed by atoms with Gasteiger partial charge in [0, 0.05) is 13.0 Å². The zero-order chi connectivity index (χ0) is 26.0. The molecule has 0 aromatic heterocycles. The van der Waals surface area contributed by atoms with E-state index in [1.165, 1.54) is 4.90 Å². The van der Waals surface area contributed by atoms with Crippen LogP contribution in [0.1, 0.15) is 29.2 Å². The fourth-order valence-electron chi connectivity index (χ4n) is 5.41. The van der Waals surface area contributed by atoms with Crippen molar-refractivity contribution >= 4 is 22.1 Å². The van der Waals surface area contributed by atoms with Crippen LogP contribution in [0.3, 0.4) is 0 Å². The van der Waals surface area contributed by atoms with Crippen LogP contribution < -0.4 is 0 Å². The quantitative estimate of drug-likeness (QED) is 0.347.